The Balaban J connectivity index is 1.42. The number of esters is 1. The summed E-state index contributed by atoms with van der Waals surface area (Å²) < 4.78 is 10.6. The maximum absolute atomic E-state index is 12.5. The average molecular weight is 444 g/mol. The summed E-state index contributed by atoms with van der Waals surface area (Å²) in [5.41, 5.74) is 3.48. The van der Waals surface area contributed by atoms with Crippen LogP contribution in [0.1, 0.15) is 39.2 Å². The molecule has 156 valence electrons. The SMILES string of the molecule is COC(=O)c1c(NC(=O)CSc2nnc(-c3ccc(C)cc3)o2)sc2c1CCCC2. The second kappa shape index (κ2) is 9.01. The molecule has 0 fully saturated rings. The van der Waals surface area contributed by atoms with Crippen molar-refractivity contribution < 1.29 is 18.7 Å². The van der Waals surface area contributed by atoms with Crippen LogP contribution >= 0.6 is 23.1 Å². The number of nitrogens with zero attached hydrogens (tertiary/aromatic N) is 2. The number of fused-ring (bicyclic) bond motifs is 1. The Hall–Kier alpha value is -2.65. The molecule has 0 atom stereocenters. The van der Waals surface area contributed by atoms with Crippen LogP contribution in [0.15, 0.2) is 33.9 Å². The predicted molar refractivity (Wildman–Crippen MR) is 116 cm³/mol. The molecule has 0 unspecified atom stereocenters. The quantitative estimate of drug-likeness (QED) is 0.443. The highest BCUT2D eigenvalue weighted by Gasteiger charge is 2.27. The van der Waals surface area contributed by atoms with Crippen LogP contribution < -0.4 is 5.32 Å². The summed E-state index contributed by atoms with van der Waals surface area (Å²) in [4.78, 5) is 25.9. The standard InChI is InChI=1S/C21H21N3O4S2/c1-12-7-9-13(10-8-12)18-23-24-21(28-18)29-11-16(25)22-19-17(20(26)27-2)14-5-3-4-6-15(14)30-19/h7-10H,3-6,11H2,1-2H3,(H,22,25). The lowest BCUT2D eigenvalue weighted by Crippen LogP contribution is -2.16. The Morgan fingerprint density at radius 1 is 1.20 bits per heavy atom. The van der Waals surface area contributed by atoms with Crippen molar-refractivity contribution in [3.63, 3.8) is 0 Å². The highest BCUT2D eigenvalue weighted by atomic mass is 32.2. The van der Waals surface area contributed by atoms with Crippen LogP contribution in [0, 0.1) is 6.92 Å². The molecule has 0 saturated carbocycles. The molecule has 0 spiro atoms. The van der Waals surface area contributed by atoms with Crippen molar-refractivity contribution in [2.24, 2.45) is 0 Å². The van der Waals surface area contributed by atoms with E-state index in [1.54, 1.807) is 0 Å². The minimum absolute atomic E-state index is 0.0959. The molecule has 30 heavy (non-hydrogen) atoms. The summed E-state index contributed by atoms with van der Waals surface area (Å²) in [6, 6.07) is 7.77. The first-order valence-corrected chi connectivity index (χ1v) is 11.4. The summed E-state index contributed by atoms with van der Waals surface area (Å²) in [7, 11) is 1.36. The fourth-order valence-corrected chi connectivity index (χ4v) is 5.20. The van der Waals surface area contributed by atoms with Gasteiger partial charge in [0.15, 0.2) is 0 Å². The molecule has 1 amide bonds. The number of nitrogens with one attached hydrogen (secondary N) is 1. The summed E-state index contributed by atoms with van der Waals surface area (Å²) in [6.07, 6.45) is 3.90. The van der Waals surface area contributed by atoms with Crippen LogP contribution in [0.5, 0.6) is 0 Å². The predicted octanol–water partition coefficient (Wildman–Crippen LogP) is 4.50. The molecule has 7 nitrogen and oxygen atoms in total. The Bertz CT molecular complexity index is 1070. The number of benzene rings is 1. The minimum Gasteiger partial charge on any atom is -0.465 e. The van der Waals surface area contributed by atoms with Crippen LogP contribution in [-0.2, 0) is 22.4 Å². The molecule has 1 aromatic carbocycles. The molecule has 1 aliphatic rings. The monoisotopic (exact) mass is 443 g/mol. The van der Waals surface area contributed by atoms with E-state index < -0.39 is 5.97 Å². The van der Waals surface area contributed by atoms with Crippen molar-refractivity contribution in [3.8, 4) is 11.5 Å². The van der Waals surface area contributed by atoms with Gasteiger partial charge in [-0.15, -0.1) is 21.5 Å². The van der Waals surface area contributed by atoms with Crippen molar-refractivity contribution in [2.75, 3.05) is 18.2 Å². The first-order valence-electron chi connectivity index (χ1n) is 9.61. The van der Waals surface area contributed by atoms with Crippen molar-refractivity contribution >= 4 is 40.0 Å². The number of carbonyl (C=O) groups is 2. The average Bonchev–Trinajstić information content (AvgIpc) is 3.36. The first-order chi connectivity index (χ1) is 14.5. The lowest BCUT2D eigenvalue weighted by atomic mass is 9.95. The number of thioether (sulfide) groups is 1. The largest absolute Gasteiger partial charge is 0.465 e. The Kier molecular flexibility index (Phi) is 6.19. The lowest BCUT2D eigenvalue weighted by molar-refractivity contribution is -0.113. The molecule has 1 aliphatic carbocycles. The lowest BCUT2D eigenvalue weighted by Gasteiger charge is -2.11. The summed E-state index contributed by atoms with van der Waals surface area (Å²) >= 11 is 2.62. The van der Waals surface area contributed by atoms with E-state index in [1.807, 2.05) is 31.2 Å². The van der Waals surface area contributed by atoms with Gasteiger partial charge < -0.3 is 14.5 Å². The molecule has 2 heterocycles. The molecule has 0 radical (unpaired) electrons. The molecule has 4 rings (SSSR count). The van der Waals surface area contributed by atoms with Gasteiger partial charge >= 0.3 is 5.97 Å². The molecule has 1 N–H and O–H groups in total. The second-order valence-corrected chi connectivity index (χ2v) is 9.01. The van der Waals surface area contributed by atoms with E-state index in [0.29, 0.717) is 21.7 Å². The van der Waals surface area contributed by atoms with Gasteiger partial charge in [-0.05, 0) is 50.3 Å². The Morgan fingerprint density at radius 3 is 2.73 bits per heavy atom. The fraction of sp³-hybridized carbons (Fsp3) is 0.333. The smallest absolute Gasteiger partial charge is 0.341 e. The number of thiophene rings is 1. The normalized spacial score (nSPS) is 13.0. The number of aryl methyl sites for hydroxylation is 2. The summed E-state index contributed by atoms with van der Waals surface area (Å²) in [5.74, 6) is -0.133. The Morgan fingerprint density at radius 2 is 1.97 bits per heavy atom. The van der Waals surface area contributed by atoms with Crippen molar-refractivity contribution in [3.05, 3.63) is 45.8 Å². The first kappa shape index (κ1) is 20.6. The molecule has 3 aromatic rings. The molecule has 9 heteroatoms. The van der Waals surface area contributed by atoms with Crippen molar-refractivity contribution in [1.29, 1.82) is 0 Å². The molecule has 0 aliphatic heterocycles. The van der Waals surface area contributed by atoms with Crippen LogP contribution in [0.2, 0.25) is 0 Å². The molecular formula is C21H21N3O4S2. The molecular weight excluding hydrogens is 422 g/mol. The zero-order valence-electron chi connectivity index (χ0n) is 16.7. The van der Waals surface area contributed by atoms with Gasteiger partial charge in [0.1, 0.15) is 5.00 Å². The van der Waals surface area contributed by atoms with Gasteiger partial charge in [0, 0.05) is 10.4 Å². The number of amides is 1. The number of ether oxygens (including phenoxy) is 1. The number of carbonyl (C=O) groups excluding carboxylic acids is 2. The van der Waals surface area contributed by atoms with Crippen LogP contribution in [0.3, 0.4) is 0 Å². The van der Waals surface area contributed by atoms with E-state index in [4.69, 9.17) is 9.15 Å². The molecule has 0 saturated heterocycles. The van der Waals surface area contributed by atoms with Gasteiger partial charge in [-0.1, -0.05) is 29.5 Å². The number of hydrogen-bond donors (Lipinski definition) is 1. The third kappa shape index (κ3) is 4.41. The van der Waals surface area contributed by atoms with Gasteiger partial charge in [0.05, 0.1) is 18.4 Å². The third-order valence-corrected chi connectivity index (χ3v) is 6.87. The summed E-state index contributed by atoms with van der Waals surface area (Å²) in [5, 5.41) is 11.8. The van der Waals surface area contributed by atoms with E-state index in [0.717, 1.165) is 59.0 Å². The molecule has 0 bridgehead atoms. The second-order valence-electron chi connectivity index (χ2n) is 6.98. The van der Waals surface area contributed by atoms with Crippen molar-refractivity contribution in [2.45, 2.75) is 37.8 Å². The zero-order chi connectivity index (χ0) is 21.1. The summed E-state index contributed by atoms with van der Waals surface area (Å²) in [6.45, 7) is 2.01. The van der Waals surface area contributed by atoms with Gasteiger partial charge in [0.2, 0.25) is 11.8 Å². The highest BCUT2D eigenvalue weighted by molar-refractivity contribution is 7.99. The van der Waals surface area contributed by atoms with Gasteiger partial charge in [-0.3, -0.25) is 4.79 Å². The molecule has 2 aromatic heterocycles. The number of methoxy groups -OCH3 is 1. The minimum atomic E-state index is -0.406. The van der Waals surface area contributed by atoms with E-state index in [-0.39, 0.29) is 11.7 Å². The fourth-order valence-electron chi connectivity index (χ4n) is 3.34. The number of rotatable bonds is 6. The number of aromatic nitrogens is 2. The van der Waals surface area contributed by atoms with E-state index in [1.165, 1.54) is 18.4 Å². The Labute approximate surface area is 182 Å². The number of anilines is 1. The highest BCUT2D eigenvalue weighted by Crippen LogP contribution is 2.38. The number of hydrogen-bond acceptors (Lipinski definition) is 8. The zero-order valence-corrected chi connectivity index (χ0v) is 18.3. The van der Waals surface area contributed by atoms with Crippen molar-refractivity contribution in [1.82, 2.24) is 10.2 Å². The van der Waals surface area contributed by atoms with E-state index in [2.05, 4.69) is 15.5 Å². The van der Waals surface area contributed by atoms with E-state index >= 15 is 0 Å². The third-order valence-electron chi connectivity index (χ3n) is 4.85. The van der Waals surface area contributed by atoms with Crippen LogP contribution in [0.25, 0.3) is 11.5 Å². The van der Waals surface area contributed by atoms with Gasteiger partial charge in [-0.2, -0.15) is 0 Å². The van der Waals surface area contributed by atoms with Gasteiger partial charge in [-0.25, -0.2) is 4.79 Å². The van der Waals surface area contributed by atoms with Crippen LogP contribution in [-0.4, -0.2) is 34.9 Å². The maximum Gasteiger partial charge on any atom is 0.341 e. The van der Waals surface area contributed by atoms with Crippen LogP contribution in [0.4, 0.5) is 5.00 Å². The van der Waals surface area contributed by atoms with E-state index in [9.17, 15) is 9.59 Å². The topological polar surface area (TPSA) is 94.3 Å². The van der Waals surface area contributed by atoms with Gasteiger partial charge in [0.25, 0.3) is 5.22 Å². The maximum atomic E-state index is 12.5.